The van der Waals surface area contributed by atoms with Crippen molar-refractivity contribution in [3.05, 3.63) is 12.3 Å². The minimum Gasteiger partial charge on any atom is -0.407 e. The summed E-state index contributed by atoms with van der Waals surface area (Å²) in [4.78, 5) is 64.2. The highest BCUT2D eigenvalue weighted by Gasteiger charge is 2.40. The topological polar surface area (TPSA) is 136 Å². The molecule has 12 heteroatoms. The van der Waals surface area contributed by atoms with E-state index in [-0.39, 0.29) is 30.2 Å². The number of hydrogen-bond donors (Lipinski definition) is 1. The normalized spacial score (nSPS) is 18.6. The summed E-state index contributed by atoms with van der Waals surface area (Å²) in [6.07, 6.45) is 6.48. The van der Waals surface area contributed by atoms with Crippen LogP contribution in [0.2, 0.25) is 0 Å². The lowest BCUT2D eigenvalue weighted by atomic mass is 9.97. The number of nitrogens with zero attached hydrogens (tertiary/aromatic N) is 6. The second-order valence-electron chi connectivity index (χ2n) is 11.3. The number of aromatic nitrogens is 2. The van der Waals surface area contributed by atoms with Crippen LogP contribution in [0.1, 0.15) is 66.2 Å². The van der Waals surface area contributed by atoms with Crippen molar-refractivity contribution in [2.45, 2.75) is 72.3 Å². The van der Waals surface area contributed by atoms with Crippen molar-refractivity contribution < 1.29 is 29.1 Å². The Morgan fingerprint density at radius 2 is 1.90 bits per heavy atom. The Kier molecular flexibility index (Phi) is 10.6. The van der Waals surface area contributed by atoms with E-state index >= 15 is 0 Å². The molecule has 0 aliphatic carbocycles. The number of likely N-dealkylation sites (tertiary alicyclic amines) is 1. The Morgan fingerprint density at radius 1 is 1.18 bits per heavy atom. The third-order valence-electron chi connectivity index (χ3n) is 7.16. The molecule has 216 valence electrons. The van der Waals surface area contributed by atoms with Gasteiger partial charge in [-0.2, -0.15) is 4.98 Å². The Labute approximate surface area is 230 Å². The van der Waals surface area contributed by atoms with E-state index in [1.54, 1.807) is 42.8 Å². The molecule has 2 fully saturated rings. The number of amides is 3. The number of unbranched alkanes of at least 4 members (excludes halogenated alkanes) is 2. The number of piperazine rings is 1. The van der Waals surface area contributed by atoms with Crippen molar-refractivity contribution in [1.82, 2.24) is 24.8 Å². The molecule has 0 aromatic carbocycles. The summed E-state index contributed by atoms with van der Waals surface area (Å²) in [5.74, 6) is -0.590. The largest absolute Gasteiger partial charge is 0.407 e. The van der Waals surface area contributed by atoms with E-state index in [9.17, 15) is 24.4 Å². The van der Waals surface area contributed by atoms with Gasteiger partial charge in [0.15, 0.2) is 0 Å². The van der Waals surface area contributed by atoms with E-state index in [1.807, 2.05) is 4.90 Å². The minimum absolute atomic E-state index is 0.0771. The van der Waals surface area contributed by atoms with Gasteiger partial charge in [0.2, 0.25) is 30.1 Å². The zero-order valence-corrected chi connectivity index (χ0v) is 23.5. The van der Waals surface area contributed by atoms with Gasteiger partial charge in [0.1, 0.15) is 6.04 Å². The molecule has 1 N–H and O–H groups in total. The highest BCUT2D eigenvalue weighted by molar-refractivity contribution is 5.89. The number of rotatable bonds is 11. The van der Waals surface area contributed by atoms with Gasteiger partial charge in [-0.05, 0) is 40.0 Å². The van der Waals surface area contributed by atoms with Gasteiger partial charge in [0.25, 0.3) is 0 Å². The van der Waals surface area contributed by atoms with Gasteiger partial charge in [-0.15, -0.1) is 0 Å². The average Bonchev–Trinajstić information content (AvgIpc) is 3.41. The van der Waals surface area contributed by atoms with E-state index in [0.29, 0.717) is 63.0 Å². The van der Waals surface area contributed by atoms with E-state index in [1.165, 1.54) is 0 Å². The van der Waals surface area contributed by atoms with E-state index in [2.05, 4.69) is 16.9 Å². The van der Waals surface area contributed by atoms with Gasteiger partial charge in [0, 0.05) is 45.0 Å². The molecular weight excluding hydrogens is 504 g/mol. The summed E-state index contributed by atoms with van der Waals surface area (Å²) >= 11 is 0. The molecule has 1 aromatic rings. The molecule has 0 spiro atoms. The Bertz CT molecular complexity index is 1010. The van der Waals surface area contributed by atoms with Crippen LogP contribution >= 0.6 is 0 Å². The van der Waals surface area contributed by atoms with Crippen LogP contribution in [0.3, 0.4) is 0 Å². The van der Waals surface area contributed by atoms with Crippen molar-refractivity contribution in [3.8, 4) is 5.88 Å². The second kappa shape index (κ2) is 13.7. The smallest absolute Gasteiger partial charge is 0.317 e. The monoisotopic (exact) mass is 546 g/mol. The van der Waals surface area contributed by atoms with Gasteiger partial charge in [-0.25, -0.2) is 10.0 Å². The number of carbonyl (C=O) groups is 4. The summed E-state index contributed by atoms with van der Waals surface area (Å²) in [6.45, 7) is 9.68. The van der Waals surface area contributed by atoms with Crippen LogP contribution in [0.15, 0.2) is 12.3 Å². The Balaban J connectivity index is 1.60. The highest BCUT2D eigenvalue weighted by Crippen LogP contribution is 2.25. The lowest BCUT2D eigenvalue weighted by Crippen LogP contribution is -2.55. The second-order valence-corrected chi connectivity index (χ2v) is 11.3. The molecule has 0 radical (unpaired) electrons. The number of hydroxylamine groups is 2. The standard InChI is InChI=1S/C27H42N6O6/c1-5-6-7-9-20(18-32(38)19-34)23(35)33-13-8-10-21(33)24(36)30-14-16-31(17-15-30)26-28-12-11-22(29-26)39-25(37)27(2,3)4/h11-12,19-21,38H,5-10,13-18H2,1-4H3/t20-,21+/m1/s1. The molecule has 2 saturated heterocycles. The lowest BCUT2D eigenvalue weighted by Gasteiger charge is -2.38. The lowest BCUT2D eigenvalue weighted by molar-refractivity contribution is -0.158. The van der Waals surface area contributed by atoms with Crippen molar-refractivity contribution in [2.24, 2.45) is 11.3 Å². The fourth-order valence-electron chi connectivity index (χ4n) is 4.85. The third-order valence-corrected chi connectivity index (χ3v) is 7.16. The zero-order valence-electron chi connectivity index (χ0n) is 23.5. The van der Waals surface area contributed by atoms with Crippen molar-refractivity contribution in [3.63, 3.8) is 0 Å². The third kappa shape index (κ3) is 8.11. The molecule has 12 nitrogen and oxygen atoms in total. The molecule has 0 saturated carbocycles. The van der Waals surface area contributed by atoms with Crippen molar-refractivity contribution in [2.75, 3.05) is 44.2 Å². The van der Waals surface area contributed by atoms with Crippen LogP contribution in [-0.2, 0) is 19.2 Å². The van der Waals surface area contributed by atoms with Crippen LogP contribution in [-0.4, -0.2) is 99.5 Å². The molecule has 0 bridgehead atoms. The first kappa shape index (κ1) is 30.3. The maximum Gasteiger partial charge on any atom is 0.317 e. The summed E-state index contributed by atoms with van der Waals surface area (Å²) in [5.41, 5.74) is -0.659. The molecule has 3 rings (SSSR count). The first-order chi connectivity index (χ1) is 18.5. The van der Waals surface area contributed by atoms with E-state index in [4.69, 9.17) is 4.74 Å². The maximum absolute atomic E-state index is 13.5. The van der Waals surface area contributed by atoms with E-state index in [0.717, 1.165) is 25.7 Å². The fourth-order valence-corrected chi connectivity index (χ4v) is 4.85. The number of ether oxygens (including phenoxy) is 1. The minimum atomic E-state index is -0.659. The van der Waals surface area contributed by atoms with E-state index < -0.39 is 17.4 Å². The molecular formula is C27H42N6O6. The van der Waals surface area contributed by atoms with Crippen LogP contribution in [0, 0.1) is 11.3 Å². The number of carbonyl (C=O) groups excluding carboxylic acids is 4. The summed E-state index contributed by atoms with van der Waals surface area (Å²) in [7, 11) is 0. The predicted molar refractivity (Wildman–Crippen MR) is 143 cm³/mol. The summed E-state index contributed by atoms with van der Waals surface area (Å²) < 4.78 is 5.40. The highest BCUT2D eigenvalue weighted by atomic mass is 16.5. The number of hydrogen-bond acceptors (Lipinski definition) is 9. The molecule has 0 unspecified atom stereocenters. The fraction of sp³-hybridized carbons (Fsp3) is 0.704. The molecule has 39 heavy (non-hydrogen) atoms. The molecule has 2 aliphatic rings. The molecule has 2 atom stereocenters. The number of esters is 1. The van der Waals surface area contributed by atoms with Gasteiger partial charge >= 0.3 is 5.97 Å². The first-order valence-corrected chi connectivity index (χ1v) is 13.9. The average molecular weight is 547 g/mol. The van der Waals surface area contributed by atoms with Crippen LogP contribution in [0.5, 0.6) is 5.88 Å². The van der Waals surface area contributed by atoms with Crippen molar-refractivity contribution in [1.29, 1.82) is 0 Å². The maximum atomic E-state index is 13.5. The van der Waals surface area contributed by atoms with Crippen LogP contribution in [0.4, 0.5) is 5.95 Å². The Morgan fingerprint density at radius 3 is 2.54 bits per heavy atom. The summed E-state index contributed by atoms with van der Waals surface area (Å²) in [6, 6.07) is 0.997. The van der Waals surface area contributed by atoms with Gasteiger partial charge in [-0.3, -0.25) is 24.4 Å². The van der Waals surface area contributed by atoms with Gasteiger partial charge < -0.3 is 19.4 Å². The van der Waals surface area contributed by atoms with Crippen LogP contribution in [0.25, 0.3) is 0 Å². The zero-order chi connectivity index (χ0) is 28.6. The molecule has 2 aliphatic heterocycles. The Hall–Kier alpha value is -3.28. The molecule has 1 aromatic heterocycles. The quantitative estimate of drug-likeness (QED) is 0.145. The van der Waals surface area contributed by atoms with Crippen molar-refractivity contribution >= 4 is 30.1 Å². The molecule has 3 amide bonds. The SMILES string of the molecule is CCCCC[C@H](CN(O)C=O)C(=O)N1CCC[C@H]1C(=O)N1CCN(c2nccc(OC(=O)C(C)(C)C)n2)CC1. The van der Waals surface area contributed by atoms with Gasteiger partial charge in [-0.1, -0.05) is 26.2 Å². The predicted octanol–water partition coefficient (Wildman–Crippen LogP) is 2.11. The summed E-state index contributed by atoms with van der Waals surface area (Å²) in [5, 5.41) is 10.3. The first-order valence-electron chi connectivity index (χ1n) is 13.9. The van der Waals surface area contributed by atoms with Crippen LogP contribution < -0.4 is 9.64 Å². The van der Waals surface area contributed by atoms with Gasteiger partial charge in [0.05, 0.1) is 17.9 Å². The molecule has 3 heterocycles. The number of anilines is 1.